The number of hydrogen-bond donors (Lipinski definition) is 2. The third-order valence-electron chi connectivity index (χ3n) is 4.32. The summed E-state index contributed by atoms with van der Waals surface area (Å²) in [6.07, 6.45) is 8.66. The van der Waals surface area contributed by atoms with Gasteiger partial charge in [0.15, 0.2) is 5.96 Å². The highest BCUT2D eigenvalue weighted by atomic mass is 16.5. The van der Waals surface area contributed by atoms with E-state index >= 15 is 0 Å². The molecule has 6 nitrogen and oxygen atoms in total. The largest absolute Gasteiger partial charge is 0.481 e. The Morgan fingerprint density at radius 1 is 1.33 bits per heavy atom. The molecule has 1 fully saturated rings. The van der Waals surface area contributed by atoms with Crippen molar-refractivity contribution in [1.82, 2.24) is 15.5 Å². The number of hydrogen-bond acceptors (Lipinski definition) is 3. The quantitative estimate of drug-likeness (QED) is 0.285. The number of guanidine groups is 1. The Hall–Kier alpha value is -2.68. The van der Waals surface area contributed by atoms with Crippen LogP contribution in [0.4, 0.5) is 0 Å². The van der Waals surface area contributed by atoms with E-state index in [1.165, 1.54) is 5.56 Å². The predicted octanol–water partition coefficient (Wildman–Crippen LogP) is 1.81. The van der Waals surface area contributed by atoms with Crippen molar-refractivity contribution in [2.75, 3.05) is 39.3 Å². The molecule has 0 saturated carbocycles. The topological polar surface area (TPSA) is 66.0 Å². The van der Waals surface area contributed by atoms with Gasteiger partial charge in [0, 0.05) is 39.1 Å². The molecule has 0 radical (unpaired) electrons. The highest BCUT2D eigenvalue weighted by Crippen LogP contribution is 2.12. The lowest BCUT2D eigenvalue weighted by Gasteiger charge is -2.15. The molecule has 1 amide bonds. The van der Waals surface area contributed by atoms with Crippen molar-refractivity contribution in [3.63, 3.8) is 0 Å². The number of likely N-dealkylation sites (tertiary alicyclic amines) is 1. The molecule has 1 aliphatic heterocycles. The Bertz CT molecular complexity index is 649. The first kappa shape index (κ1) is 20.6. The first-order valence-electron chi connectivity index (χ1n) is 9.68. The summed E-state index contributed by atoms with van der Waals surface area (Å²) in [5.74, 6) is 4.34. The number of rotatable bonds is 10. The molecule has 0 unspecified atom stereocenters. The van der Waals surface area contributed by atoms with Crippen molar-refractivity contribution in [3.8, 4) is 18.1 Å². The van der Waals surface area contributed by atoms with E-state index in [0.717, 1.165) is 57.2 Å². The molecule has 2 rings (SSSR count). The van der Waals surface area contributed by atoms with Crippen molar-refractivity contribution >= 4 is 11.9 Å². The van der Waals surface area contributed by atoms with Crippen molar-refractivity contribution in [1.29, 1.82) is 0 Å². The molecular formula is C21H30N4O2. The number of benzene rings is 1. The first-order chi connectivity index (χ1) is 13.2. The maximum Gasteiger partial charge on any atom is 0.222 e. The molecule has 0 spiro atoms. The average molecular weight is 370 g/mol. The zero-order valence-corrected chi connectivity index (χ0v) is 16.2. The fourth-order valence-electron chi connectivity index (χ4n) is 2.94. The molecule has 27 heavy (non-hydrogen) atoms. The Labute approximate surface area is 162 Å². The van der Waals surface area contributed by atoms with E-state index in [2.05, 4.69) is 28.5 Å². The standard InChI is InChI=1S/C21H30N4O2/c1-3-17-27-19-10-8-18(9-11-19)12-14-24-21(22-4-2)23-13-6-16-25-15-5-7-20(25)26/h1,8-11H,4-7,12-17H2,2H3,(H2,22,23,24). The lowest BCUT2D eigenvalue weighted by atomic mass is 10.1. The van der Waals surface area contributed by atoms with Gasteiger partial charge >= 0.3 is 0 Å². The number of ether oxygens (including phenoxy) is 1. The van der Waals surface area contributed by atoms with E-state index in [0.29, 0.717) is 13.0 Å². The highest BCUT2D eigenvalue weighted by molar-refractivity contribution is 5.79. The fourth-order valence-corrected chi connectivity index (χ4v) is 2.94. The second-order valence-corrected chi connectivity index (χ2v) is 6.41. The average Bonchev–Trinajstić information content (AvgIpc) is 3.09. The van der Waals surface area contributed by atoms with Gasteiger partial charge in [0.25, 0.3) is 0 Å². The molecule has 2 N–H and O–H groups in total. The van der Waals surface area contributed by atoms with Crippen LogP contribution in [-0.2, 0) is 11.2 Å². The van der Waals surface area contributed by atoms with Crippen LogP contribution in [-0.4, -0.2) is 56.1 Å². The third-order valence-corrected chi connectivity index (χ3v) is 4.32. The van der Waals surface area contributed by atoms with Gasteiger partial charge in [-0.25, -0.2) is 0 Å². The Balaban J connectivity index is 1.70. The summed E-state index contributed by atoms with van der Waals surface area (Å²) >= 11 is 0. The molecule has 0 atom stereocenters. The minimum absolute atomic E-state index is 0.278. The van der Waals surface area contributed by atoms with E-state index in [1.807, 2.05) is 29.2 Å². The van der Waals surface area contributed by atoms with Gasteiger partial charge in [0.2, 0.25) is 5.91 Å². The van der Waals surface area contributed by atoms with Gasteiger partial charge in [-0.1, -0.05) is 18.1 Å². The number of amides is 1. The molecule has 0 aromatic heterocycles. The SMILES string of the molecule is C#CCOc1ccc(CCNC(=NCCCN2CCCC2=O)NCC)cc1. The van der Waals surface area contributed by atoms with E-state index in [1.54, 1.807) is 0 Å². The van der Waals surface area contributed by atoms with Gasteiger partial charge in [-0.15, -0.1) is 6.42 Å². The molecule has 1 aliphatic rings. The number of nitrogens with one attached hydrogen (secondary N) is 2. The van der Waals surface area contributed by atoms with E-state index in [9.17, 15) is 4.79 Å². The lowest BCUT2D eigenvalue weighted by Crippen LogP contribution is -2.38. The maximum atomic E-state index is 11.6. The van der Waals surface area contributed by atoms with Crippen LogP contribution >= 0.6 is 0 Å². The zero-order valence-electron chi connectivity index (χ0n) is 16.2. The highest BCUT2D eigenvalue weighted by Gasteiger charge is 2.18. The number of carbonyl (C=O) groups excluding carboxylic acids is 1. The molecule has 1 aromatic carbocycles. The summed E-state index contributed by atoms with van der Waals surface area (Å²) in [6.45, 7) is 6.35. The summed E-state index contributed by atoms with van der Waals surface area (Å²) in [5, 5.41) is 6.61. The minimum atomic E-state index is 0.278. The number of carbonyl (C=O) groups is 1. The van der Waals surface area contributed by atoms with Gasteiger partial charge < -0.3 is 20.3 Å². The van der Waals surface area contributed by atoms with Crippen molar-refractivity contribution < 1.29 is 9.53 Å². The first-order valence-corrected chi connectivity index (χ1v) is 9.68. The number of nitrogens with zero attached hydrogens (tertiary/aromatic N) is 2. The van der Waals surface area contributed by atoms with Crippen LogP contribution in [0.5, 0.6) is 5.75 Å². The van der Waals surface area contributed by atoms with Crippen LogP contribution in [0.3, 0.4) is 0 Å². The van der Waals surface area contributed by atoms with Gasteiger partial charge in [-0.2, -0.15) is 0 Å². The van der Waals surface area contributed by atoms with Crippen LogP contribution in [0.2, 0.25) is 0 Å². The monoisotopic (exact) mass is 370 g/mol. The normalized spacial score (nSPS) is 14.1. The summed E-state index contributed by atoms with van der Waals surface area (Å²) in [5.41, 5.74) is 1.22. The van der Waals surface area contributed by atoms with Gasteiger partial charge in [-0.05, 0) is 43.9 Å². The third kappa shape index (κ3) is 7.61. The fraction of sp³-hybridized carbons (Fsp3) is 0.524. The second kappa shape index (κ2) is 11.8. The second-order valence-electron chi connectivity index (χ2n) is 6.41. The molecule has 0 aliphatic carbocycles. The van der Waals surface area contributed by atoms with Crippen molar-refractivity contribution in [2.24, 2.45) is 4.99 Å². The molecule has 1 heterocycles. The summed E-state index contributed by atoms with van der Waals surface area (Å²) in [6, 6.07) is 7.96. The summed E-state index contributed by atoms with van der Waals surface area (Å²) in [4.78, 5) is 18.1. The zero-order chi connectivity index (χ0) is 19.3. The van der Waals surface area contributed by atoms with Crippen LogP contribution in [0, 0.1) is 12.3 Å². The summed E-state index contributed by atoms with van der Waals surface area (Å²) in [7, 11) is 0. The molecule has 6 heteroatoms. The molecule has 146 valence electrons. The minimum Gasteiger partial charge on any atom is -0.481 e. The Morgan fingerprint density at radius 3 is 2.81 bits per heavy atom. The van der Waals surface area contributed by atoms with E-state index in [4.69, 9.17) is 11.2 Å². The van der Waals surface area contributed by atoms with Crippen LogP contribution < -0.4 is 15.4 Å². The number of terminal acetylenes is 1. The molecular weight excluding hydrogens is 340 g/mol. The van der Waals surface area contributed by atoms with E-state index < -0.39 is 0 Å². The Kier molecular flexibility index (Phi) is 9.05. The van der Waals surface area contributed by atoms with Gasteiger partial charge in [0.05, 0.1) is 0 Å². The molecule has 1 saturated heterocycles. The maximum absolute atomic E-state index is 11.6. The predicted molar refractivity (Wildman–Crippen MR) is 109 cm³/mol. The lowest BCUT2D eigenvalue weighted by molar-refractivity contribution is -0.127. The van der Waals surface area contributed by atoms with Crippen LogP contribution in [0.15, 0.2) is 29.3 Å². The van der Waals surface area contributed by atoms with Crippen molar-refractivity contribution in [2.45, 2.75) is 32.6 Å². The van der Waals surface area contributed by atoms with Crippen molar-refractivity contribution in [3.05, 3.63) is 29.8 Å². The van der Waals surface area contributed by atoms with E-state index in [-0.39, 0.29) is 12.5 Å². The van der Waals surface area contributed by atoms with Crippen LogP contribution in [0.25, 0.3) is 0 Å². The smallest absolute Gasteiger partial charge is 0.222 e. The van der Waals surface area contributed by atoms with Crippen LogP contribution in [0.1, 0.15) is 31.7 Å². The summed E-state index contributed by atoms with van der Waals surface area (Å²) < 4.78 is 5.38. The number of aliphatic imine (C=N–C) groups is 1. The van der Waals surface area contributed by atoms with Gasteiger partial charge in [-0.3, -0.25) is 9.79 Å². The molecule has 0 bridgehead atoms. The Morgan fingerprint density at radius 2 is 2.15 bits per heavy atom. The van der Waals surface area contributed by atoms with Gasteiger partial charge in [0.1, 0.15) is 12.4 Å². The molecule has 1 aromatic rings.